The van der Waals surface area contributed by atoms with Crippen molar-refractivity contribution in [1.82, 2.24) is 0 Å². The predicted molar refractivity (Wildman–Crippen MR) is 58.7 cm³/mol. The van der Waals surface area contributed by atoms with Crippen LogP contribution in [0.1, 0.15) is 31.7 Å². The number of benzene rings is 1. The first kappa shape index (κ1) is 11.7. The maximum absolute atomic E-state index is 12.7. The van der Waals surface area contributed by atoms with Crippen LogP contribution >= 0.6 is 0 Å². The van der Waals surface area contributed by atoms with E-state index in [0.29, 0.717) is 12.8 Å². The van der Waals surface area contributed by atoms with Crippen molar-refractivity contribution in [2.45, 2.75) is 31.8 Å². The number of hydrogen-bond acceptors (Lipinski definition) is 1. The van der Waals surface area contributed by atoms with Gasteiger partial charge in [-0.15, -0.1) is 12.3 Å². The van der Waals surface area contributed by atoms with Crippen LogP contribution in [0.25, 0.3) is 0 Å². The SMILES string of the molecule is C#CCCCC(C)(O)c1ccc(F)cc1. The summed E-state index contributed by atoms with van der Waals surface area (Å²) < 4.78 is 12.7. The highest BCUT2D eigenvalue weighted by Gasteiger charge is 2.21. The molecule has 1 nitrogen and oxygen atoms in total. The van der Waals surface area contributed by atoms with Crippen LogP contribution in [-0.4, -0.2) is 5.11 Å². The van der Waals surface area contributed by atoms with Gasteiger partial charge in [0.2, 0.25) is 0 Å². The lowest BCUT2D eigenvalue weighted by molar-refractivity contribution is 0.0459. The smallest absolute Gasteiger partial charge is 0.123 e. The molecule has 0 aliphatic rings. The van der Waals surface area contributed by atoms with Gasteiger partial charge in [0.15, 0.2) is 0 Å². The standard InChI is InChI=1S/C13H15FO/c1-3-4-5-10-13(2,15)11-6-8-12(14)9-7-11/h1,6-9,15H,4-5,10H2,2H3. The average Bonchev–Trinajstić information content (AvgIpc) is 2.18. The Labute approximate surface area is 89.9 Å². The van der Waals surface area contributed by atoms with Crippen molar-refractivity contribution in [2.24, 2.45) is 0 Å². The van der Waals surface area contributed by atoms with E-state index < -0.39 is 5.60 Å². The van der Waals surface area contributed by atoms with Crippen LogP contribution in [0.2, 0.25) is 0 Å². The molecule has 0 bridgehead atoms. The van der Waals surface area contributed by atoms with Gasteiger partial charge in [-0.05, 0) is 37.5 Å². The molecule has 1 unspecified atom stereocenters. The fourth-order valence-electron chi connectivity index (χ4n) is 1.49. The zero-order valence-corrected chi connectivity index (χ0v) is 8.83. The lowest BCUT2D eigenvalue weighted by Crippen LogP contribution is -2.20. The molecule has 0 fully saturated rings. The van der Waals surface area contributed by atoms with Gasteiger partial charge in [0.25, 0.3) is 0 Å². The summed E-state index contributed by atoms with van der Waals surface area (Å²) >= 11 is 0. The Balaban J connectivity index is 2.68. The summed E-state index contributed by atoms with van der Waals surface area (Å²) in [6.45, 7) is 1.72. The van der Waals surface area contributed by atoms with Crippen molar-refractivity contribution in [3.05, 3.63) is 35.6 Å². The molecule has 0 radical (unpaired) electrons. The molecular formula is C13H15FO. The minimum Gasteiger partial charge on any atom is -0.385 e. The van der Waals surface area contributed by atoms with Crippen molar-refractivity contribution in [1.29, 1.82) is 0 Å². The summed E-state index contributed by atoms with van der Waals surface area (Å²) in [6, 6.07) is 5.91. The fraction of sp³-hybridized carbons (Fsp3) is 0.385. The molecule has 0 spiro atoms. The van der Waals surface area contributed by atoms with E-state index in [0.717, 1.165) is 12.0 Å². The molecule has 0 aromatic heterocycles. The van der Waals surface area contributed by atoms with Crippen LogP contribution in [0.15, 0.2) is 24.3 Å². The summed E-state index contributed by atoms with van der Waals surface area (Å²) in [5, 5.41) is 10.1. The number of hydrogen-bond donors (Lipinski definition) is 1. The van der Waals surface area contributed by atoms with Crippen molar-refractivity contribution in [3.63, 3.8) is 0 Å². The lowest BCUT2D eigenvalue weighted by Gasteiger charge is -2.23. The van der Waals surface area contributed by atoms with E-state index in [2.05, 4.69) is 5.92 Å². The van der Waals surface area contributed by atoms with Crippen molar-refractivity contribution < 1.29 is 9.50 Å². The van der Waals surface area contributed by atoms with Crippen LogP contribution in [0.4, 0.5) is 4.39 Å². The second-order valence-corrected chi connectivity index (χ2v) is 3.84. The summed E-state index contributed by atoms with van der Waals surface area (Å²) in [7, 11) is 0. The van der Waals surface area contributed by atoms with Crippen LogP contribution in [0.5, 0.6) is 0 Å². The number of rotatable bonds is 4. The molecule has 0 saturated carbocycles. The Bertz CT molecular complexity index is 346. The summed E-state index contributed by atoms with van der Waals surface area (Å²) in [4.78, 5) is 0. The summed E-state index contributed by atoms with van der Waals surface area (Å²) in [6.07, 6.45) is 7.14. The molecule has 1 aromatic carbocycles. The Hall–Kier alpha value is -1.33. The largest absolute Gasteiger partial charge is 0.385 e. The Kier molecular flexibility index (Phi) is 3.88. The molecule has 1 aromatic rings. The monoisotopic (exact) mass is 206 g/mol. The van der Waals surface area contributed by atoms with E-state index in [9.17, 15) is 9.50 Å². The van der Waals surface area contributed by atoms with Crippen LogP contribution < -0.4 is 0 Å². The number of aliphatic hydroxyl groups is 1. The van der Waals surface area contributed by atoms with Gasteiger partial charge in [0, 0.05) is 6.42 Å². The maximum Gasteiger partial charge on any atom is 0.123 e. The number of halogens is 1. The molecule has 0 aliphatic carbocycles. The molecule has 0 aliphatic heterocycles. The van der Waals surface area contributed by atoms with E-state index in [1.807, 2.05) is 0 Å². The molecule has 0 heterocycles. The molecule has 1 N–H and O–H groups in total. The van der Waals surface area contributed by atoms with E-state index in [4.69, 9.17) is 6.42 Å². The Morgan fingerprint density at radius 1 is 1.40 bits per heavy atom. The van der Waals surface area contributed by atoms with E-state index in [1.165, 1.54) is 12.1 Å². The van der Waals surface area contributed by atoms with Crippen molar-refractivity contribution in [3.8, 4) is 12.3 Å². The highest BCUT2D eigenvalue weighted by Crippen LogP contribution is 2.26. The second kappa shape index (κ2) is 4.95. The zero-order chi connectivity index (χ0) is 11.3. The normalized spacial score (nSPS) is 14.3. The van der Waals surface area contributed by atoms with Crippen LogP contribution in [0.3, 0.4) is 0 Å². The van der Waals surface area contributed by atoms with Gasteiger partial charge < -0.3 is 5.11 Å². The zero-order valence-electron chi connectivity index (χ0n) is 8.83. The van der Waals surface area contributed by atoms with Crippen LogP contribution in [0, 0.1) is 18.2 Å². The molecule has 1 atom stereocenters. The molecule has 0 amide bonds. The Morgan fingerprint density at radius 3 is 2.53 bits per heavy atom. The summed E-state index contributed by atoms with van der Waals surface area (Å²) in [5.74, 6) is 2.24. The first-order chi connectivity index (χ1) is 7.06. The third-order valence-electron chi connectivity index (χ3n) is 2.45. The first-order valence-corrected chi connectivity index (χ1v) is 4.98. The molecular weight excluding hydrogens is 191 g/mol. The van der Waals surface area contributed by atoms with Gasteiger partial charge >= 0.3 is 0 Å². The number of unbranched alkanes of at least 4 members (excludes halogenated alkanes) is 1. The average molecular weight is 206 g/mol. The topological polar surface area (TPSA) is 20.2 Å². The molecule has 1 rings (SSSR count). The van der Waals surface area contributed by atoms with E-state index in [-0.39, 0.29) is 5.82 Å². The lowest BCUT2D eigenvalue weighted by atomic mass is 9.90. The highest BCUT2D eigenvalue weighted by molar-refractivity contribution is 5.22. The van der Waals surface area contributed by atoms with Crippen molar-refractivity contribution >= 4 is 0 Å². The Morgan fingerprint density at radius 2 is 2.00 bits per heavy atom. The van der Waals surface area contributed by atoms with Gasteiger partial charge in [-0.25, -0.2) is 4.39 Å². The second-order valence-electron chi connectivity index (χ2n) is 3.84. The third-order valence-corrected chi connectivity index (χ3v) is 2.45. The predicted octanol–water partition coefficient (Wildman–Crippen LogP) is 2.84. The van der Waals surface area contributed by atoms with Gasteiger partial charge in [-0.1, -0.05) is 12.1 Å². The highest BCUT2D eigenvalue weighted by atomic mass is 19.1. The summed E-state index contributed by atoms with van der Waals surface area (Å²) in [5.41, 5.74) is -0.203. The molecule has 0 saturated heterocycles. The maximum atomic E-state index is 12.7. The molecule has 2 heteroatoms. The van der Waals surface area contributed by atoms with E-state index >= 15 is 0 Å². The van der Waals surface area contributed by atoms with Gasteiger partial charge in [-0.2, -0.15) is 0 Å². The van der Waals surface area contributed by atoms with Gasteiger partial charge in [-0.3, -0.25) is 0 Å². The van der Waals surface area contributed by atoms with Gasteiger partial charge in [0.05, 0.1) is 5.60 Å². The van der Waals surface area contributed by atoms with E-state index in [1.54, 1.807) is 19.1 Å². The molecule has 15 heavy (non-hydrogen) atoms. The first-order valence-electron chi connectivity index (χ1n) is 4.98. The fourth-order valence-corrected chi connectivity index (χ4v) is 1.49. The minimum atomic E-state index is -0.926. The van der Waals surface area contributed by atoms with Crippen LogP contribution in [-0.2, 0) is 5.60 Å². The third kappa shape index (κ3) is 3.38. The molecule has 80 valence electrons. The number of terminal acetylenes is 1. The quantitative estimate of drug-likeness (QED) is 0.593. The van der Waals surface area contributed by atoms with Crippen molar-refractivity contribution in [2.75, 3.05) is 0 Å². The van der Waals surface area contributed by atoms with Gasteiger partial charge in [0.1, 0.15) is 5.82 Å². The minimum absolute atomic E-state index is 0.293.